The second-order valence-electron chi connectivity index (χ2n) is 10.3. The van der Waals surface area contributed by atoms with Gasteiger partial charge in [-0.2, -0.15) is 0 Å². The van der Waals surface area contributed by atoms with E-state index in [0.29, 0.717) is 19.1 Å². The van der Waals surface area contributed by atoms with Crippen molar-refractivity contribution < 1.29 is 22.7 Å². The first-order valence-electron chi connectivity index (χ1n) is 12.3. The number of fused-ring (bicyclic) bond motifs is 1. The van der Waals surface area contributed by atoms with E-state index in [2.05, 4.69) is 17.0 Å². The van der Waals surface area contributed by atoms with Gasteiger partial charge in [0.05, 0.1) is 12.4 Å². The van der Waals surface area contributed by atoms with Crippen LogP contribution in [-0.4, -0.2) is 74.7 Å². The Morgan fingerprint density at radius 2 is 1.91 bits per heavy atom. The number of carbonyl (C=O) groups is 1. The van der Waals surface area contributed by atoms with Crippen LogP contribution in [0.2, 0.25) is 0 Å². The summed E-state index contributed by atoms with van der Waals surface area (Å²) in [5.41, 5.74) is 2.38. The highest BCUT2D eigenvalue weighted by Crippen LogP contribution is 2.39. The number of rotatable bonds is 9. The molecule has 0 bridgehead atoms. The molecule has 1 aromatic rings. The van der Waals surface area contributed by atoms with Gasteiger partial charge in [0.1, 0.15) is 21.2 Å². The van der Waals surface area contributed by atoms with Crippen molar-refractivity contribution in [1.29, 1.82) is 0 Å². The normalized spacial score (nSPS) is 20.8. The number of hydrogen-bond acceptors (Lipinski definition) is 6. The summed E-state index contributed by atoms with van der Waals surface area (Å²) in [4.78, 5) is 16.3. The summed E-state index contributed by atoms with van der Waals surface area (Å²) in [7, 11) is -2.92. The number of amides is 1. The molecule has 1 amide bonds. The second-order valence-corrected chi connectivity index (χ2v) is 12.6. The van der Waals surface area contributed by atoms with Crippen molar-refractivity contribution in [3.63, 3.8) is 0 Å². The van der Waals surface area contributed by atoms with Crippen LogP contribution in [-0.2, 0) is 27.5 Å². The van der Waals surface area contributed by atoms with Gasteiger partial charge in [-0.1, -0.05) is 6.07 Å². The average Bonchev–Trinajstić information content (AvgIpc) is 3.51. The highest BCUT2D eigenvalue weighted by Gasteiger charge is 2.43. The summed E-state index contributed by atoms with van der Waals surface area (Å²) in [6.07, 6.45) is 8.29. The Kier molecular flexibility index (Phi) is 7.53. The Balaban J connectivity index is 1.13. The van der Waals surface area contributed by atoms with Gasteiger partial charge in [-0.25, -0.2) is 13.2 Å². The van der Waals surface area contributed by atoms with Gasteiger partial charge in [0.25, 0.3) is 0 Å². The summed E-state index contributed by atoms with van der Waals surface area (Å²) < 4.78 is 34.4. The number of sulfone groups is 1. The van der Waals surface area contributed by atoms with Crippen LogP contribution in [0.4, 0.5) is 4.79 Å². The molecule has 184 valence electrons. The Labute approximate surface area is 198 Å². The van der Waals surface area contributed by atoms with Crippen molar-refractivity contribution in [1.82, 2.24) is 9.80 Å². The third-order valence-corrected chi connectivity index (χ3v) is 8.16. The maximum absolute atomic E-state index is 12.2. The van der Waals surface area contributed by atoms with Gasteiger partial charge < -0.3 is 14.4 Å². The molecule has 1 aromatic carbocycles. The van der Waals surface area contributed by atoms with E-state index in [-0.39, 0.29) is 17.4 Å². The van der Waals surface area contributed by atoms with E-state index in [0.717, 1.165) is 76.9 Å². The van der Waals surface area contributed by atoms with E-state index in [1.54, 1.807) is 0 Å². The number of piperidine rings is 1. The molecule has 2 fully saturated rings. The second kappa shape index (κ2) is 10.2. The molecule has 2 heterocycles. The highest BCUT2D eigenvalue weighted by molar-refractivity contribution is 7.90. The first kappa shape index (κ1) is 24.3. The minimum atomic E-state index is -2.92. The number of ether oxygens (including phenoxy) is 2. The van der Waals surface area contributed by atoms with Crippen LogP contribution in [0.1, 0.15) is 56.6 Å². The maximum Gasteiger partial charge on any atom is 0.410 e. The lowest BCUT2D eigenvalue weighted by Gasteiger charge is -2.32. The van der Waals surface area contributed by atoms with Crippen LogP contribution >= 0.6 is 0 Å². The first-order chi connectivity index (χ1) is 15.7. The minimum Gasteiger partial charge on any atom is -0.494 e. The minimum absolute atomic E-state index is 0.136. The van der Waals surface area contributed by atoms with Crippen LogP contribution in [0, 0.1) is 5.92 Å². The molecule has 0 atom stereocenters. The standard InChI is InChI=1S/C25H38N2O5S/c1-25(10-11-25)32-24(28)27-13-7-20(8-14-27)4-3-16-31-23-6-5-22-19-26(12-9-21(22)18-23)15-17-33(2,29)30/h5-6,18,20H,3-4,7-17,19H2,1-2H3. The molecule has 4 rings (SSSR count). The van der Waals surface area contributed by atoms with E-state index < -0.39 is 9.84 Å². The van der Waals surface area contributed by atoms with Crippen molar-refractivity contribution in [2.75, 3.05) is 44.8 Å². The van der Waals surface area contributed by atoms with Crippen molar-refractivity contribution in [2.24, 2.45) is 5.92 Å². The third-order valence-electron chi connectivity index (χ3n) is 7.23. The van der Waals surface area contributed by atoms with Gasteiger partial charge in [0, 0.05) is 39.0 Å². The third kappa shape index (κ3) is 7.34. The van der Waals surface area contributed by atoms with Crippen molar-refractivity contribution >= 4 is 15.9 Å². The van der Waals surface area contributed by atoms with Crippen LogP contribution in [0.3, 0.4) is 0 Å². The monoisotopic (exact) mass is 478 g/mol. The molecule has 0 aromatic heterocycles. The lowest BCUT2D eigenvalue weighted by Crippen LogP contribution is -2.40. The molecule has 1 aliphatic carbocycles. The Morgan fingerprint density at radius 1 is 1.15 bits per heavy atom. The lowest BCUT2D eigenvalue weighted by molar-refractivity contribution is 0.0482. The zero-order chi connectivity index (χ0) is 23.5. The van der Waals surface area contributed by atoms with E-state index in [4.69, 9.17) is 9.47 Å². The van der Waals surface area contributed by atoms with Crippen molar-refractivity contribution in [3.8, 4) is 5.75 Å². The van der Waals surface area contributed by atoms with Gasteiger partial charge in [0.15, 0.2) is 0 Å². The van der Waals surface area contributed by atoms with Gasteiger partial charge in [-0.05, 0) is 81.0 Å². The first-order valence-corrected chi connectivity index (χ1v) is 14.4. The number of benzene rings is 1. The number of likely N-dealkylation sites (tertiary alicyclic amines) is 1. The number of hydrogen-bond donors (Lipinski definition) is 0. The maximum atomic E-state index is 12.2. The molecule has 3 aliphatic rings. The van der Waals surface area contributed by atoms with Crippen LogP contribution in [0.5, 0.6) is 5.75 Å². The molecule has 1 saturated heterocycles. The molecule has 7 nitrogen and oxygen atoms in total. The van der Waals surface area contributed by atoms with E-state index in [1.807, 2.05) is 17.9 Å². The smallest absolute Gasteiger partial charge is 0.410 e. The van der Waals surface area contributed by atoms with Crippen molar-refractivity contribution in [3.05, 3.63) is 29.3 Å². The van der Waals surface area contributed by atoms with E-state index in [9.17, 15) is 13.2 Å². The zero-order valence-corrected chi connectivity index (χ0v) is 20.9. The predicted molar refractivity (Wildman–Crippen MR) is 128 cm³/mol. The molecule has 0 spiro atoms. The van der Waals surface area contributed by atoms with Gasteiger partial charge in [0.2, 0.25) is 0 Å². The number of nitrogens with zero attached hydrogens (tertiary/aromatic N) is 2. The zero-order valence-electron chi connectivity index (χ0n) is 20.1. The molecule has 33 heavy (non-hydrogen) atoms. The Morgan fingerprint density at radius 3 is 2.61 bits per heavy atom. The predicted octanol–water partition coefficient (Wildman–Crippen LogP) is 3.65. The molecule has 1 saturated carbocycles. The quantitative estimate of drug-likeness (QED) is 0.505. The van der Waals surface area contributed by atoms with Gasteiger partial charge >= 0.3 is 6.09 Å². The fourth-order valence-electron chi connectivity index (χ4n) is 4.68. The topological polar surface area (TPSA) is 76.2 Å². The van der Waals surface area contributed by atoms with Gasteiger partial charge in [-0.15, -0.1) is 0 Å². The largest absolute Gasteiger partial charge is 0.494 e. The summed E-state index contributed by atoms with van der Waals surface area (Å²) in [6.45, 7) is 6.60. The molecule has 0 N–H and O–H groups in total. The average molecular weight is 479 g/mol. The highest BCUT2D eigenvalue weighted by atomic mass is 32.2. The molecular formula is C25H38N2O5S. The molecule has 0 unspecified atom stereocenters. The van der Waals surface area contributed by atoms with E-state index >= 15 is 0 Å². The summed E-state index contributed by atoms with van der Waals surface area (Å²) >= 11 is 0. The van der Waals surface area contributed by atoms with Crippen LogP contribution < -0.4 is 4.74 Å². The van der Waals surface area contributed by atoms with Crippen LogP contribution in [0.25, 0.3) is 0 Å². The molecule has 2 aliphatic heterocycles. The van der Waals surface area contributed by atoms with E-state index in [1.165, 1.54) is 17.4 Å². The Bertz CT molecular complexity index is 936. The fraction of sp³-hybridized carbons (Fsp3) is 0.720. The Hall–Kier alpha value is -1.80. The summed E-state index contributed by atoms with van der Waals surface area (Å²) in [5, 5.41) is 0. The number of carbonyl (C=O) groups excluding carboxylic acids is 1. The molecule has 0 radical (unpaired) electrons. The molecule has 8 heteroatoms. The fourth-order valence-corrected chi connectivity index (χ4v) is 5.27. The SMILES string of the molecule is CC1(OC(=O)N2CCC(CCCOc3ccc4c(c3)CCN(CCS(C)(=O)=O)C4)CC2)CC1. The lowest BCUT2D eigenvalue weighted by atomic mass is 9.92. The van der Waals surface area contributed by atoms with Crippen molar-refractivity contribution in [2.45, 2.75) is 64.0 Å². The van der Waals surface area contributed by atoms with Crippen LogP contribution in [0.15, 0.2) is 18.2 Å². The van der Waals surface area contributed by atoms with Gasteiger partial charge in [-0.3, -0.25) is 4.90 Å². The summed E-state index contributed by atoms with van der Waals surface area (Å²) in [5.74, 6) is 1.78. The molecular weight excluding hydrogens is 440 g/mol. The summed E-state index contributed by atoms with van der Waals surface area (Å²) in [6, 6.07) is 6.30.